The molecular formula is C18H19N5O3. The van der Waals surface area contributed by atoms with Gasteiger partial charge in [0.15, 0.2) is 0 Å². The normalized spacial score (nSPS) is 10.7. The summed E-state index contributed by atoms with van der Waals surface area (Å²) in [5.74, 6) is 1.32. The van der Waals surface area contributed by atoms with Crippen molar-refractivity contribution < 1.29 is 9.34 Å². The smallest absolute Gasteiger partial charge is 0.353 e. The number of aromatic nitrogens is 2. The van der Waals surface area contributed by atoms with Gasteiger partial charge in [-0.25, -0.2) is 9.97 Å². The quantitative estimate of drug-likeness (QED) is 0.477. The standard InChI is InChI=1S/C18H19N5O3/c1-12(2)13-5-7-14(8-6-13)22-18-16(23(24)25)17(20-11-21-18)19-10-15-4-3-9-26-15/h3-9,11-12H,10H2,1-2H3,(H2,19,20,21,22). The molecule has 3 aromatic rings. The minimum atomic E-state index is -0.505. The van der Waals surface area contributed by atoms with Gasteiger partial charge in [0.05, 0.1) is 17.7 Å². The molecule has 3 rings (SSSR count). The molecule has 2 N–H and O–H groups in total. The first kappa shape index (κ1) is 17.4. The number of nitro groups is 1. The van der Waals surface area contributed by atoms with E-state index in [1.165, 1.54) is 11.9 Å². The van der Waals surface area contributed by atoms with Crippen LogP contribution < -0.4 is 10.6 Å². The van der Waals surface area contributed by atoms with E-state index in [4.69, 9.17) is 4.42 Å². The topological polar surface area (TPSA) is 106 Å². The minimum absolute atomic E-state index is 0.128. The molecule has 0 bridgehead atoms. The molecule has 1 aromatic carbocycles. The van der Waals surface area contributed by atoms with E-state index in [1.807, 2.05) is 24.3 Å². The Morgan fingerprint density at radius 3 is 2.50 bits per heavy atom. The zero-order chi connectivity index (χ0) is 18.5. The Hall–Kier alpha value is -3.42. The van der Waals surface area contributed by atoms with Crippen LogP contribution in [0.4, 0.5) is 23.0 Å². The molecule has 0 aliphatic heterocycles. The van der Waals surface area contributed by atoms with Crippen molar-refractivity contribution in [2.24, 2.45) is 0 Å². The molecule has 2 aromatic heterocycles. The number of hydrogen-bond acceptors (Lipinski definition) is 7. The maximum absolute atomic E-state index is 11.6. The summed E-state index contributed by atoms with van der Waals surface area (Å²) in [6.45, 7) is 4.50. The van der Waals surface area contributed by atoms with Crippen molar-refractivity contribution in [3.05, 3.63) is 70.4 Å². The van der Waals surface area contributed by atoms with Crippen molar-refractivity contribution in [3.8, 4) is 0 Å². The number of nitrogens with one attached hydrogen (secondary N) is 2. The Bertz CT molecular complexity index is 876. The van der Waals surface area contributed by atoms with Gasteiger partial charge in [-0.1, -0.05) is 26.0 Å². The summed E-state index contributed by atoms with van der Waals surface area (Å²) in [7, 11) is 0. The minimum Gasteiger partial charge on any atom is -0.467 e. The molecule has 0 saturated heterocycles. The molecule has 0 fully saturated rings. The van der Waals surface area contributed by atoms with Crippen LogP contribution in [-0.2, 0) is 6.54 Å². The highest BCUT2D eigenvalue weighted by molar-refractivity contribution is 5.73. The van der Waals surface area contributed by atoms with Gasteiger partial charge in [-0.15, -0.1) is 0 Å². The molecule has 0 unspecified atom stereocenters. The van der Waals surface area contributed by atoms with Gasteiger partial charge < -0.3 is 15.1 Å². The van der Waals surface area contributed by atoms with Crippen LogP contribution in [-0.4, -0.2) is 14.9 Å². The maximum atomic E-state index is 11.6. The van der Waals surface area contributed by atoms with Gasteiger partial charge in [0, 0.05) is 5.69 Å². The monoisotopic (exact) mass is 353 g/mol. The average Bonchev–Trinajstić information content (AvgIpc) is 3.14. The fraction of sp³-hybridized carbons (Fsp3) is 0.222. The first-order valence-corrected chi connectivity index (χ1v) is 8.17. The van der Waals surface area contributed by atoms with Crippen molar-refractivity contribution in [1.29, 1.82) is 0 Å². The summed E-state index contributed by atoms with van der Waals surface area (Å²) in [6.07, 6.45) is 2.82. The first-order valence-electron chi connectivity index (χ1n) is 8.17. The highest BCUT2D eigenvalue weighted by Crippen LogP contribution is 2.31. The Morgan fingerprint density at radius 1 is 1.15 bits per heavy atom. The van der Waals surface area contributed by atoms with E-state index in [9.17, 15) is 10.1 Å². The third-order valence-corrected chi connectivity index (χ3v) is 3.86. The lowest BCUT2D eigenvalue weighted by Gasteiger charge is -2.11. The molecule has 0 aliphatic rings. The van der Waals surface area contributed by atoms with Gasteiger partial charge in [-0.3, -0.25) is 10.1 Å². The van der Waals surface area contributed by atoms with Crippen LogP contribution in [0.1, 0.15) is 31.1 Å². The number of anilines is 3. The van der Waals surface area contributed by atoms with E-state index in [0.29, 0.717) is 17.4 Å². The van der Waals surface area contributed by atoms with Crippen molar-refractivity contribution in [2.75, 3.05) is 10.6 Å². The van der Waals surface area contributed by atoms with E-state index in [0.717, 1.165) is 0 Å². The van der Waals surface area contributed by atoms with E-state index >= 15 is 0 Å². The number of furan rings is 1. The van der Waals surface area contributed by atoms with Crippen LogP contribution in [0.25, 0.3) is 0 Å². The lowest BCUT2D eigenvalue weighted by Crippen LogP contribution is -2.08. The molecule has 8 heteroatoms. The number of nitrogens with zero attached hydrogens (tertiary/aromatic N) is 3. The van der Waals surface area contributed by atoms with Gasteiger partial charge >= 0.3 is 5.69 Å². The molecule has 0 spiro atoms. The van der Waals surface area contributed by atoms with Gasteiger partial charge in [0.2, 0.25) is 11.6 Å². The molecule has 0 atom stereocenters. The van der Waals surface area contributed by atoms with Crippen LogP contribution in [0.2, 0.25) is 0 Å². The van der Waals surface area contributed by atoms with E-state index in [-0.39, 0.29) is 23.9 Å². The van der Waals surface area contributed by atoms with Crippen LogP contribution >= 0.6 is 0 Å². The van der Waals surface area contributed by atoms with Crippen molar-refractivity contribution in [3.63, 3.8) is 0 Å². The highest BCUT2D eigenvalue weighted by Gasteiger charge is 2.23. The fourth-order valence-electron chi connectivity index (χ4n) is 2.44. The van der Waals surface area contributed by atoms with Crippen molar-refractivity contribution in [2.45, 2.75) is 26.3 Å². The fourth-order valence-corrected chi connectivity index (χ4v) is 2.44. The Kier molecular flexibility index (Phi) is 5.12. The number of rotatable bonds is 7. The zero-order valence-electron chi connectivity index (χ0n) is 14.5. The lowest BCUT2D eigenvalue weighted by molar-refractivity contribution is -0.383. The largest absolute Gasteiger partial charge is 0.467 e. The van der Waals surface area contributed by atoms with Crippen LogP contribution in [0.15, 0.2) is 53.4 Å². The van der Waals surface area contributed by atoms with E-state index in [2.05, 4.69) is 34.4 Å². The van der Waals surface area contributed by atoms with Crippen LogP contribution in [0.5, 0.6) is 0 Å². The molecule has 0 amide bonds. The lowest BCUT2D eigenvalue weighted by atomic mass is 10.0. The van der Waals surface area contributed by atoms with Crippen LogP contribution in [0, 0.1) is 10.1 Å². The Balaban J connectivity index is 1.84. The highest BCUT2D eigenvalue weighted by atomic mass is 16.6. The predicted molar refractivity (Wildman–Crippen MR) is 98.5 cm³/mol. The SMILES string of the molecule is CC(C)c1ccc(Nc2ncnc(NCc3ccco3)c2[N+](=O)[O-])cc1. The zero-order valence-corrected chi connectivity index (χ0v) is 14.5. The van der Waals surface area contributed by atoms with Gasteiger partial charge in [-0.2, -0.15) is 0 Å². The summed E-state index contributed by atoms with van der Waals surface area (Å²) in [6, 6.07) is 11.2. The second-order valence-electron chi connectivity index (χ2n) is 6.01. The van der Waals surface area contributed by atoms with Crippen molar-refractivity contribution >= 4 is 23.0 Å². The molecule has 2 heterocycles. The summed E-state index contributed by atoms with van der Waals surface area (Å²) >= 11 is 0. The van der Waals surface area contributed by atoms with Gasteiger partial charge in [-0.05, 0) is 35.7 Å². The molecule has 0 aliphatic carbocycles. The summed E-state index contributed by atoms with van der Waals surface area (Å²) < 4.78 is 5.22. The third kappa shape index (κ3) is 3.97. The van der Waals surface area contributed by atoms with E-state index in [1.54, 1.807) is 18.4 Å². The summed E-state index contributed by atoms with van der Waals surface area (Å²) in [5, 5.41) is 17.5. The third-order valence-electron chi connectivity index (χ3n) is 3.86. The summed E-state index contributed by atoms with van der Waals surface area (Å²) in [4.78, 5) is 19.1. The molecule has 0 saturated carbocycles. The van der Waals surface area contributed by atoms with E-state index < -0.39 is 4.92 Å². The maximum Gasteiger partial charge on any atom is 0.353 e. The van der Waals surface area contributed by atoms with Gasteiger partial charge in [0.25, 0.3) is 0 Å². The Labute approximate surface area is 150 Å². The van der Waals surface area contributed by atoms with Crippen molar-refractivity contribution in [1.82, 2.24) is 9.97 Å². The molecular weight excluding hydrogens is 334 g/mol. The molecule has 0 radical (unpaired) electrons. The molecule has 26 heavy (non-hydrogen) atoms. The van der Waals surface area contributed by atoms with Crippen LogP contribution in [0.3, 0.4) is 0 Å². The average molecular weight is 353 g/mol. The molecule has 8 nitrogen and oxygen atoms in total. The second-order valence-corrected chi connectivity index (χ2v) is 6.01. The molecule has 134 valence electrons. The summed E-state index contributed by atoms with van der Waals surface area (Å²) in [5.41, 5.74) is 1.69. The number of hydrogen-bond donors (Lipinski definition) is 2. The second kappa shape index (κ2) is 7.64. The Morgan fingerprint density at radius 2 is 1.88 bits per heavy atom. The number of benzene rings is 1. The van der Waals surface area contributed by atoms with Gasteiger partial charge in [0.1, 0.15) is 12.1 Å². The first-order chi connectivity index (χ1) is 12.5. The predicted octanol–water partition coefficient (Wildman–Crippen LogP) is 4.46.